The molecule has 76 valence electrons. The number of rotatable bonds is 1. The average Bonchev–Trinajstić information content (AvgIpc) is 2.20. The van der Waals surface area contributed by atoms with Crippen LogP contribution in [0.1, 0.15) is 5.56 Å². The fourth-order valence-electron chi connectivity index (χ4n) is 1.33. The van der Waals surface area contributed by atoms with Gasteiger partial charge in [-0.05, 0) is 18.6 Å². The summed E-state index contributed by atoms with van der Waals surface area (Å²) in [6, 6.07) is 7.31. The summed E-state index contributed by atoms with van der Waals surface area (Å²) in [6.45, 7) is 1.87. The van der Waals surface area contributed by atoms with Crippen LogP contribution in [0.3, 0.4) is 0 Å². The Labute approximate surface area is 85.0 Å². The molecule has 0 aliphatic carbocycles. The largest absolute Gasteiger partial charge is 0.349 e. The minimum atomic E-state index is -0.531. The van der Waals surface area contributed by atoms with E-state index in [0.717, 1.165) is 16.4 Å². The minimum Gasteiger partial charge on any atom is -0.271 e. The normalized spacial score (nSPS) is 10.2. The molecule has 0 bridgehead atoms. The van der Waals surface area contributed by atoms with Gasteiger partial charge in [-0.25, -0.2) is 4.79 Å². The summed E-state index contributed by atoms with van der Waals surface area (Å²) in [5.74, 6) is 0. The van der Waals surface area contributed by atoms with Crippen molar-refractivity contribution in [3.63, 3.8) is 0 Å². The number of aromatic nitrogens is 3. The zero-order valence-electron chi connectivity index (χ0n) is 8.10. The maximum atomic E-state index is 11.4. The van der Waals surface area contributed by atoms with E-state index in [9.17, 15) is 9.59 Å². The second kappa shape index (κ2) is 3.53. The lowest BCUT2D eigenvalue weighted by Gasteiger charge is -2.05. The topological polar surface area (TPSA) is 67.8 Å². The standard InChI is InChI=1S/C10H9N3O2/c1-7-4-2-3-5-8(7)13-10(15)12-9(14)6-11-13/h2-6H,1H3,(H,12,14,15). The number of hydrogen-bond acceptors (Lipinski definition) is 3. The van der Waals surface area contributed by atoms with Gasteiger partial charge in [-0.15, -0.1) is 0 Å². The predicted molar refractivity (Wildman–Crippen MR) is 55.2 cm³/mol. The first-order valence-corrected chi connectivity index (χ1v) is 4.43. The van der Waals surface area contributed by atoms with E-state index in [4.69, 9.17) is 0 Å². The lowest BCUT2D eigenvalue weighted by atomic mass is 10.2. The first-order valence-electron chi connectivity index (χ1n) is 4.43. The molecule has 0 aliphatic rings. The van der Waals surface area contributed by atoms with E-state index < -0.39 is 11.2 Å². The fourth-order valence-corrected chi connectivity index (χ4v) is 1.33. The molecule has 0 fully saturated rings. The molecule has 0 saturated heterocycles. The third-order valence-electron chi connectivity index (χ3n) is 2.06. The van der Waals surface area contributed by atoms with Crippen molar-refractivity contribution in [1.82, 2.24) is 14.8 Å². The van der Waals surface area contributed by atoms with E-state index in [1.54, 1.807) is 6.07 Å². The molecule has 0 saturated carbocycles. The van der Waals surface area contributed by atoms with Crippen molar-refractivity contribution in [2.24, 2.45) is 0 Å². The molecule has 0 amide bonds. The molecular weight excluding hydrogens is 194 g/mol. The highest BCUT2D eigenvalue weighted by Crippen LogP contribution is 2.08. The molecule has 1 heterocycles. The quantitative estimate of drug-likeness (QED) is 0.721. The van der Waals surface area contributed by atoms with Crippen LogP contribution in [0.2, 0.25) is 0 Å². The number of nitrogens with zero attached hydrogens (tertiary/aromatic N) is 2. The lowest BCUT2D eigenvalue weighted by Crippen LogP contribution is -2.30. The van der Waals surface area contributed by atoms with Gasteiger partial charge in [0, 0.05) is 0 Å². The number of para-hydroxylation sites is 1. The zero-order valence-corrected chi connectivity index (χ0v) is 8.10. The molecule has 2 rings (SSSR count). The van der Waals surface area contributed by atoms with E-state index in [1.165, 1.54) is 0 Å². The summed E-state index contributed by atoms with van der Waals surface area (Å²) in [5.41, 5.74) is 0.555. The molecule has 1 aromatic carbocycles. The van der Waals surface area contributed by atoms with Crippen molar-refractivity contribution in [2.45, 2.75) is 6.92 Å². The van der Waals surface area contributed by atoms with Crippen molar-refractivity contribution in [1.29, 1.82) is 0 Å². The predicted octanol–water partition coefficient (Wildman–Crippen LogP) is 0.229. The van der Waals surface area contributed by atoms with Crippen LogP contribution < -0.4 is 11.2 Å². The molecule has 1 N–H and O–H groups in total. The van der Waals surface area contributed by atoms with Gasteiger partial charge in [0.05, 0.1) is 5.69 Å². The SMILES string of the molecule is Cc1ccccc1-n1ncc(=O)[nH]c1=O. The average molecular weight is 203 g/mol. The maximum absolute atomic E-state index is 11.4. The first kappa shape index (κ1) is 9.39. The summed E-state index contributed by atoms with van der Waals surface area (Å²) >= 11 is 0. The van der Waals surface area contributed by atoms with Gasteiger partial charge in [0.2, 0.25) is 0 Å². The van der Waals surface area contributed by atoms with Gasteiger partial charge in [-0.3, -0.25) is 9.78 Å². The Balaban J connectivity index is 2.70. The van der Waals surface area contributed by atoms with Gasteiger partial charge in [0.15, 0.2) is 0 Å². The molecule has 2 aromatic rings. The fraction of sp³-hybridized carbons (Fsp3) is 0.100. The number of nitrogens with one attached hydrogen (secondary N) is 1. The summed E-state index contributed by atoms with van der Waals surface area (Å²) in [5, 5.41) is 3.77. The molecule has 5 heteroatoms. The van der Waals surface area contributed by atoms with Gasteiger partial charge in [-0.2, -0.15) is 9.78 Å². The van der Waals surface area contributed by atoms with Crippen LogP contribution in [-0.4, -0.2) is 14.8 Å². The summed E-state index contributed by atoms with van der Waals surface area (Å²) < 4.78 is 1.16. The van der Waals surface area contributed by atoms with E-state index >= 15 is 0 Å². The summed E-state index contributed by atoms with van der Waals surface area (Å²) in [7, 11) is 0. The number of hydrogen-bond donors (Lipinski definition) is 1. The smallest absolute Gasteiger partial charge is 0.271 e. The van der Waals surface area contributed by atoms with Gasteiger partial charge in [0.1, 0.15) is 6.20 Å². The van der Waals surface area contributed by atoms with Gasteiger partial charge in [0.25, 0.3) is 5.56 Å². The van der Waals surface area contributed by atoms with Crippen molar-refractivity contribution in [3.8, 4) is 5.69 Å². The van der Waals surface area contributed by atoms with Crippen molar-refractivity contribution in [2.75, 3.05) is 0 Å². The Morgan fingerprint density at radius 1 is 1.27 bits per heavy atom. The van der Waals surface area contributed by atoms with E-state index in [1.807, 2.05) is 25.1 Å². The van der Waals surface area contributed by atoms with Gasteiger partial charge >= 0.3 is 5.69 Å². The van der Waals surface area contributed by atoms with E-state index in [-0.39, 0.29) is 0 Å². The third kappa shape index (κ3) is 1.71. The molecule has 0 radical (unpaired) electrons. The Kier molecular flexibility index (Phi) is 2.21. The van der Waals surface area contributed by atoms with Crippen LogP contribution in [0, 0.1) is 6.92 Å². The van der Waals surface area contributed by atoms with E-state index in [2.05, 4.69) is 10.1 Å². The van der Waals surface area contributed by atoms with Crippen molar-refractivity contribution in [3.05, 3.63) is 56.9 Å². The number of H-pyrrole nitrogens is 1. The Hall–Kier alpha value is -2.17. The lowest BCUT2D eigenvalue weighted by molar-refractivity contribution is 0.746. The second-order valence-electron chi connectivity index (χ2n) is 3.14. The summed E-state index contributed by atoms with van der Waals surface area (Å²) in [4.78, 5) is 24.4. The maximum Gasteiger partial charge on any atom is 0.349 e. The molecule has 0 unspecified atom stereocenters. The van der Waals surface area contributed by atoms with Crippen molar-refractivity contribution >= 4 is 0 Å². The first-order chi connectivity index (χ1) is 7.18. The van der Waals surface area contributed by atoms with Crippen LogP contribution in [0.15, 0.2) is 40.1 Å². The zero-order chi connectivity index (χ0) is 10.8. The molecule has 0 aliphatic heterocycles. The van der Waals surface area contributed by atoms with Crippen LogP contribution in [0.25, 0.3) is 5.69 Å². The number of aromatic amines is 1. The molecule has 5 nitrogen and oxygen atoms in total. The van der Waals surface area contributed by atoms with Crippen LogP contribution in [0.4, 0.5) is 0 Å². The summed E-state index contributed by atoms with van der Waals surface area (Å²) in [6.07, 6.45) is 1.08. The Morgan fingerprint density at radius 2 is 2.00 bits per heavy atom. The van der Waals surface area contributed by atoms with Crippen molar-refractivity contribution < 1.29 is 0 Å². The Bertz CT molecular complexity index is 598. The molecule has 0 spiro atoms. The molecular formula is C10H9N3O2. The third-order valence-corrected chi connectivity index (χ3v) is 2.06. The highest BCUT2D eigenvalue weighted by Gasteiger charge is 2.03. The van der Waals surface area contributed by atoms with Gasteiger partial charge < -0.3 is 0 Å². The molecule has 15 heavy (non-hydrogen) atoms. The highest BCUT2D eigenvalue weighted by atomic mass is 16.2. The van der Waals surface area contributed by atoms with Gasteiger partial charge in [-0.1, -0.05) is 18.2 Å². The monoisotopic (exact) mass is 203 g/mol. The number of benzene rings is 1. The highest BCUT2D eigenvalue weighted by molar-refractivity contribution is 5.38. The minimum absolute atomic E-state index is 0.496. The Morgan fingerprint density at radius 3 is 2.67 bits per heavy atom. The second-order valence-corrected chi connectivity index (χ2v) is 3.14. The van der Waals surface area contributed by atoms with Crippen LogP contribution >= 0.6 is 0 Å². The van der Waals surface area contributed by atoms with Crippen LogP contribution in [0.5, 0.6) is 0 Å². The van der Waals surface area contributed by atoms with Crippen LogP contribution in [-0.2, 0) is 0 Å². The molecule has 1 aromatic heterocycles. The number of aryl methyl sites for hydroxylation is 1. The van der Waals surface area contributed by atoms with E-state index in [0.29, 0.717) is 5.69 Å². The molecule has 0 atom stereocenters.